The molecule has 0 amide bonds. The molecule has 3 aromatic rings. The average molecular weight is 440 g/mol. The van der Waals surface area contributed by atoms with Crippen LogP contribution in [0.3, 0.4) is 0 Å². The molecule has 3 rings (SSSR count). The maximum absolute atomic E-state index is 12.6. The second-order valence-electron chi connectivity index (χ2n) is 7.55. The summed E-state index contributed by atoms with van der Waals surface area (Å²) in [6.07, 6.45) is 0. The van der Waals surface area contributed by atoms with Gasteiger partial charge in [0.2, 0.25) is 5.78 Å². The van der Waals surface area contributed by atoms with E-state index in [9.17, 15) is 9.59 Å². The summed E-state index contributed by atoms with van der Waals surface area (Å²) in [6.45, 7) is 8.61. The van der Waals surface area contributed by atoms with Gasteiger partial charge < -0.3 is 23.3 Å². The molecule has 0 bridgehead atoms. The maximum Gasteiger partial charge on any atom is 0.338 e. The smallest absolute Gasteiger partial charge is 0.338 e. The van der Waals surface area contributed by atoms with E-state index in [-0.39, 0.29) is 19.0 Å². The van der Waals surface area contributed by atoms with E-state index in [0.29, 0.717) is 35.8 Å². The standard InChI is InChI=1S/C24H28N2O6/c1-15-11-21(17(3)26(15)9-10-29-5)23(27)14-31-24(28)19-7-6-8-20(12-19)30-13-22-16(2)25-32-18(22)4/h6-8,11-12H,9-10,13-14H2,1-5H3. The van der Waals surface area contributed by atoms with Crippen molar-refractivity contribution in [2.24, 2.45) is 0 Å². The zero-order valence-corrected chi connectivity index (χ0v) is 19.1. The van der Waals surface area contributed by atoms with E-state index >= 15 is 0 Å². The Bertz CT molecular complexity index is 1090. The van der Waals surface area contributed by atoms with Crippen LogP contribution in [0.1, 0.15) is 49.1 Å². The number of hydrogen-bond donors (Lipinski definition) is 0. The van der Waals surface area contributed by atoms with Crippen molar-refractivity contribution in [3.63, 3.8) is 0 Å². The first-order valence-electron chi connectivity index (χ1n) is 10.3. The first kappa shape index (κ1) is 23.3. The number of benzene rings is 1. The van der Waals surface area contributed by atoms with Crippen LogP contribution >= 0.6 is 0 Å². The first-order valence-corrected chi connectivity index (χ1v) is 10.3. The Morgan fingerprint density at radius 1 is 1.12 bits per heavy atom. The molecule has 0 unspecified atom stereocenters. The van der Waals surface area contributed by atoms with Gasteiger partial charge in [0.25, 0.3) is 0 Å². The van der Waals surface area contributed by atoms with E-state index in [1.165, 1.54) is 0 Å². The van der Waals surface area contributed by atoms with Crippen LogP contribution in [0.5, 0.6) is 5.75 Å². The maximum atomic E-state index is 12.6. The van der Waals surface area contributed by atoms with Crippen LogP contribution in [-0.2, 0) is 22.6 Å². The van der Waals surface area contributed by atoms with Gasteiger partial charge in [0.05, 0.1) is 23.4 Å². The molecule has 8 heteroatoms. The van der Waals surface area contributed by atoms with Crippen LogP contribution in [-0.4, -0.2) is 41.8 Å². The van der Waals surface area contributed by atoms with Gasteiger partial charge in [0, 0.05) is 30.6 Å². The van der Waals surface area contributed by atoms with Crippen molar-refractivity contribution in [3.8, 4) is 5.75 Å². The van der Waals surface area contributed by atoms with Crippen molar-refractivity contribution in [1.82, 2.24) is 9.72 Å². The Labute approximate surface area is 187 Å². The van der Waals surface area contributed by atoms with Gasteiger partial charge >= 0.3 is 5.97 Å². The van der Waals surface area contributed by atoms with Crippen LogP contribution in [0.25, 0.3) is 0 Å². The molecule has 2 heterocycles. The second kappa shape index (κ2) is 10.3. The van der Waals surface area contributed by atoms with E-state index in [0.717, 1.165) is 22.6 Å². The van der Waals surface area contributed by atoms with Gasteiger partial charge in [-0.25, -0.2) is 4.79 Å². The molecule has 0 aliphatic rings. The molecule has 32 heavy (non-hydrogen) atoms. The molecule has 2 aromatic heterocycles. The monoisotopic (exact) mass is 440 g/mol. The number of carbonyl (C=O) groups excluding carboxylic acids is 2. The lowest BCUT2D eigenvalue weighted by atomic mass is 10.1. The third-order valence-electron chi connectivity index (χ3n) is 5.36. The van der Waals surface area contributed by atoms with Gasteiger partial charge in [0.1, 0.15) is 18.1 Å². The highest BCUT2D eigenvalue weighted by molar-refractivity contribution is 6.00. The van der Waals surface area contributed by atoms with Crippen molar-refractivity contribution in [2.75, 3.05) is 20.3 Å². The molecule has 0 radical (unpaired) electrons. The largest absolute Gasteiger partial charge is 0.489 e. The predicted octanol–water partition coefficient (Wildman–Crippen LogP) is 3.97. The second-order valence-corrected chi connectivity index (χ2v) is 7.55. The van der Waals surface area contributed by atoms with E-state index in [2.05, 4.69) is 5.16 Å². The van der Waals surface area contributed by atoms with Gasteiger partial charge in [-0.1, -0.05) is 11.2 Å². The lowest BCUT2D eigenvalue weighted by Gasteiger charge is -2.09. The summed E-state index contributed by atoms with van der Waals surface area (Å²) >= 11 is 0. The van der Waals surface area contributed by atoms with Crippen LogP contribution in [0.2, 0.25) is 0 Å². The normalized spacial score (nSPS) is 10.9. The minimum Gasteiger partial charge on any atom is -0.489 e. The lowest BCUT2D eigenvalue weighted by molar-refractivity contribution is 0.0474. The van der Waals surface area contributed by atoms with Crippen LogP contribution in [0, 0.1) is 27.7 Å². The van der Waals surface area contributed by atoms with Crippen LogP contribution in [0.15, 0.2) is 34.9 Å². The van der Waals surface area contributed by atoms with Crippen molar-refractivity contribution in [1.29, 1.82) is 0 Å². The van der Waals surface area contributed by atoms with Gasteiger partial charge in [-0.05, 0) is 52.0 Å². The zero-order chi connectivity index (χ0) is 23.3. The fraction of sp³-hybridized carbons (Fsp3) is 0.375. The number of nitrogens with zero attached hydrogens (tertiary/aromatic N) is 2. The average Bonchev–Trinajstić information content (AvgIpc) is 3.26. The molecule has 0 spiro atoms. The molecular weight excluding hydrogens is 412 g/mol. The number of aromatic nitrogens is 2. The van der Waals surface area contributed by atoms with Crippen LogP contribution in [0.4, 0.5) is 0 Å². The number of aryl methyl sites for hydroxylation is 3. The Morgan fingerprint density at radius 3 is 2.59 bits per heavy atom. The summed E-state index contributed by atoms with van der Waals surface area (Å²) in [5.41, 5.74) is 4.26. The minimum atomic E-state index is -0.589. The molecule has 0 saturated carbocycles. The fourth-order valence-electron chi connectivity index (χ4n) is 3.48. The first-order chi connectivity index (χ1) is 15.3. The number of methoxy groups -OCH3 is 1. The van der Waals surface area contributed by atoms with E-state index in [1.54, 1.807) is 31.4 Å². The van der Waals surface area contributed by atoms with Crippen molar-refractivity contribution < 1.29 is 28.3 Å². The Morgan fingerprint density at radius 2 is 1.91 bits per heavy atom. The van der Waals surface area contributed by atoms with E-state index in [4.69, 9.17) is 18.7 Å². The van der Waals surface area contributed by atoms with Gasteiger partial charge in [-0.15, -0.1) is 0 Å². The molecule has 0 atom stereocenters. The number of hydrogen-bond acceptors (Lipinski definition) is 7. The van der Waals surface area contributed by atoms with Gasteiger partial charge in [0.15, 0.2) is 6.61 Å². The molecule has 0 aliphatic heterocycles. The number of ketones is 1. The number of ether oxygens (including phenoxy) is 3. The third-order valence-corrected chi connectivity index (χ3v) is 5.36. The topological polar surface area (TPSA) is 92.8 Å². The number of carbonyl (C=O) groups is 2. The summed E-state index contributed by atoms with van der Waals surface area (Å²) in [6, 6.07) is 8.46. The number of Topliss-reactive ketones (excluding diaryl/α,β-unsaturated/α-hetero) is 1. The molecule has 0 aliphatic carbocycles. The molecule has 0 saturated heterocycles. The molecule has 8 nitrogen and oxygen atoms in total. The Balaban J connectivity index is 1.60. The van der Waals surface area contributed by atoms with Crippen molar-refractivity contribution in [2.45, 2.75) is 40.8 Å². The minimum absolute atomic E-state index is 0.249. The summed E-state index contributed by atoms with van der Waals surface area (Å²) in [5.74, 6) is 0.362. The summed E-state index contributed by atoms with van der Waals surface area (Å²) in [5, 5.41) is 3.90. The van der Waals surface area contributed by atoms with Crippen molar-refractivity contribution in [3.05, 3.63) is 69.9 Å². The number of rotatable bonds is 10. The molecule has 1 aromatic carbocycles. The highest BCUT2D eigenvalue weighted by Gasteiger charge is 2.18. The highest BCUT2D eigenvalue weighted by Crippen LogP contribution is 2.20. The fourth-order valence-corrected chi connectivity index (χ4v) is 3.48. The SMILES string of the molecule is COCCn1c(C)cc(C(=O)COC(=O)c2cccc(OCc3c(C)noc3C)c2)c1C. The van der Waals surface area contributed by atoms with Gasteiger partial charge in [-0.2, -0.15) is 0 Å². The van der Waals surface area contributed by atoms with Crippen molar-refractivity contribution >= 4 is 11.8 Å². The van der Waals surface area contributed by atoms with E-state index in [1.807, 2.05) is 38.3 Å². The third kappa shape index (κ3) is 5.26. The molecular formula is C24H28N2O6. The lowest BCUT2D eigenvalue weighted by Crippen LogP contribution is -2.15. The summed E-state index contributed by atoms with van der Waals surface area (Å²) < 4.78 is 23.3. The van der Waals surface area contributed by atoms with Gasteiger partial charge in [-0.3, -0.25) is 4.79 Å². The summed E-state index contributed by atoms with van der Waals surface area (Å²) in [4.78, 5) is 25.1. The molecule has 0 fully saturated rings. The quantitative estimate of drug-likeness (QED) is 0.348. The predicted molar refractivity (Wildman–Crippen MR) is 117 cm³/mol. The van der Waals surface area contributed by atoms with Crippen LogP contribution < -0.4 is 4.74 Å². The molecule has 0 N–H and O–H groups in total. The zero-order valence-electron chi connectivity index (χ0n) is 19.1. The molecule has 170 valence electrons. The highest BCUT2D eigenvalue weighted by atomic mass is 16.5. The Kier molecular flexibility index (Phi) is 7.48. The summed E-state index contributed by atoms with van der Waals surface area (Å²) in [7, 11) is 1.64. The van der Waals surface area contributed by atoms with E-state index < -0.39 is 5.97 Å². The Hall–Kier alpha value is -3.39. The number of esters is 1.